The third-order valence-electron chi connectivity index (χ3n) is 4.08. The Labute approximate surface area is 160 Å². The normalized spacial score (nSPS) is 16.7. The number of nitrogens with one attached hydrogen (secondary N) is 2. The number of hydrogen-bond acceptors (Lipinski definition) is 5. The van der Waals surface area contributed by atoms with Crippen molar-refractivity contribution in [1.82, 2.24) is 4.72 Å². The molecule has 3 N–H and O–H groups in total. The lowest BCUT2D eigenvalue weighted by Gasteiger charge is -2.22. The molecule has 0 saturated carbocycles. The molecule has 0 radical (unpaired) electrons. The van der Waals surface area contributed by atoms with E-state index in [9.17, 15) is 19.5 Å². The Morgan fingerprint density at radius 2 is 1.59 bits per heavy atom. The average Bonchev–Trinajstić information content (AvgIpc) is 2.67. The number of allylic oxidation sites excluding steroid dienone is 1. The molecule has 1 aliphatic rings. The van der Waals surface area contributed by atoms with Gasteiger partial charge in [0.05, 0.1) is 5.92 Å². The fraction of sp³-hybridized carbons (Fsp3) is 0.150. The summed E-state index contributed by atoms with van der Waals surface area (Å²) in [4.78, 5) is 37.8. The van der Waals surface area contributed by atoms with Crippen molar-refractivity contribution in [2.24, 2.45) is 5.92 Å². The van der Waals surface area contributed by atoms with E-state index in [1.54, 1.807) is 24.3 Å². The highest BCUT2D eigenvalue weighted by atomic mass is 32.2. The maximum Gasteiger partial charge on any atom is 0.268 e. The zero-order valence-corrected chi connectivity index (χ0v) is 15.2. The molecule has 0 spiro atoms. The summed E-state index contributed by atoms with van der Waals surface area (Å²) in [5.41, 5.74) is 0.336. The van der Waals surface area contributed by atoms with Gasteiger partial charge in [0.25, 0.3) is 5.91 Å². The molecule has 0 fully saturated rings. The Morgan fingerprint density at radius 1 is 0.963 bits per heavy atom. The number of para-hydroxylation sites is 1. The zero-order chi connectivity index (χ0) is 19.2. The number of carbonyl (C=O) groups is 3. The number of aliphatic hydroxyl groups excluding tert-OH is 1. The van der Waals surface area contributed by atoms with E-state index < -0.39 is 17.6 Å². The van der Waals surface area contributed by atoms with E-state index in [2.05, 4.69) is 10.0 Å². The SMILES string of the molecule is O=C1CC(C(=O)Nc2ccccc2)CC(O)=C1C(=O)NSc1ccccc1. The van der Waals surface area contributed by atoms with Crippen LogP contribution in [0.4, 0.5) is 5.69 Å². The predicted octanol–water partition coefficient (Wildman–Crippen LogP) is 3.24. The molecule has 0 saturated heterocycles. The van der Waals surface area contributed by atoms with E-state index in [0.717, 1.165) is 16.8 Å². The van der Waals surface area contributed by atoms with Crippen LogP contribution in [0.3, 0.4) is 0 Å². The molecule has 0 heterocycles. The van der Waals surface area contributed by atoms with Crippen molar-refractivity contribution in [3.63, 3.8) is 0 Å². The zero-order valence-electron chi connectivity index (χ0n) is 14.3. The fourth-order valence-electron chi connectivity index (χ4n) is 2.75. The quantitative estimate of drug-likeness (QED) is 0.545. The molecule has 6 nitrogen and oxygen atoms in total. The largest absolute Gasteiger partial charge is 0.511 e. The van der Waals surface area contributed by atoms with Gasteiger partial charge in [-0.3, -0.25) is 19.1 Å². The molecule has 3 rings (SSSR count). The topological polar surface area (TPSA) is 95.5 Å². The average molecular weight is 382 g/mol. The predicted molar refractivity (Wildman–Crippen MR) is 103 cm³/mol. The second-order valence-corrected chi connectivity index (χ2v) is 6.93. The van der Waals surface area contributed by atoms with Crippen LogP contribution in [-0.4, -0.2) is 22.7 Å². The van der Waals surface area contributed by atoms with E-state index in [-0.39, 0.29) is 30.1 Å². The molecule has 0 aromatic heterocycles. The molecule has 1 unspecified atom stereocenters. The van der Waals surface area contributed by atoms with Gasteiger partial charge in [0, 0.05) is 23.4 Å². The first kappa shape index (κ1) is 18.7. The summed E-state index contributed by atoms with van der Waals surface area (Å²) in [5, 5.41) is 12.9. The molecule has 2 aromatic rings. The number of amides is 2. The highest BCUT2D eigenvalue weighted by Crippen LogP contribution is 2.28. The van der Waals surface area contributed by atoms with Gasteiger partial charge in [-0.1, -0.05) is 36.4 Å². The molecule has 138 valence electrons. The first-order chi connectivity index (χ1) is 13.0. The Morgan fingerprint density at radius 3 is 2.22 bits per heavy atom. The number of anilines is 1. The van der Waals surface area contributed by atoms with E-state index >= 15 is 0 Å². The molecular weight excluding hydrogens is 364 g/mol. The summed E-state index contributed by atoms with van der Waals surface area (Å²) in [6.45, 7) is 0. The van der Waals surface area contributed by atoms with Crippen molar-refractivity contribution in [2.45, 2.75) is 17.7 Å². The number of carbonyl (C=O) groups excluding carboxylic acids is 3. The van der Waals surface area contributed by atoms with Gasteiger partial charge < -0.3 is 10.4 Å². The number of hydrogen-bond donors (Lipinski definition) is 3. The second-order valence-electron chi connectivity index (χ2n) is 6.05. The lowest BCUT2D eigenvalue weighted by atomic mass is 9.86. The molecule has 27 heavy (non-hydrogen) atoms. The summed E-state index contributed by atoms with van der Waals surface area (Å²) in [6.07, 6.45) is -0.176. The van der Waals surface area contributed by atoms with Crippen LogP contribution >= 0.6 is 11.9 Å². The van der Waals surface area contributed by atoms with Crippen LogP contribution in [0.25, 0.3) is 0 Å². The first-order valence-corrected chi connectivity index (χ1v) is 9.19. The summed E-state index contributed by atoms with van der Waals surface area (Å²) in [7, 11) is 0. The number of rotatable bonds is 5. The van der Waals surface area contributed by atoms with Crippen LogP contribution in [0.15, 0.2) is 76.9 Å². The fourth-order valence-corrected chi connectivity index (χ4v) is 3.35. The monoisotopic (exact) mass is 382 g/mol. The van der Waals surface area contributed by atoms with Crippen molar-refractivity contribution in [2.75, 3.05) is 5.32 Å². The van der Waals surface area contributed by atoms with Gasteiger partial charge in [-0.25, -0.2) is 0 Å². The van der Waals surface area contributed by atoms with Gasteiger partial charge in [-0.2, -0.15) is 0 Å². The highest BCUT2D eigenvalue weighted by Gasteiger charge is 2.35. The smallest absolute Gasteiger partial charge is 0.268 e. The number of aliphatic hydroxyl groups is 1. The lowest BCUT2D eigenvalue weighted by molar-refractivity contribution is -0.128. The van der Waals surface area contributed by atoms with Crippen molar-refractivity contribution < 1.29 is 19.5 Å². The first-order valence-electron chi connectivity index (χ1n) is 8.38. The van der Waals surface area contributed by atoms with Gasteiger partial charge in [-0.15, -0.1) is 0 Å². The third-order valence-corrected chi connectivity index (χ3v) is 4.88. The van der Waals surface area contributed by atoms with Crippen molar-refractivity contribution in [3.8, 4) is 0 Å². The van der Waals surface area contributed by atoms with Crippen LogP contribution in [0.1, 0.15) is 12.8 Å². The van der Waals surface area contributed by atoms with Gasteiger partial charge in [0.1, 0.15) is 11.3 Å². The molecule has 2 aromatic carbocycles. The van der Waals surface area contributed by atoms with Gasteiger partial charge in [0.2, 0.25) is 5.91 Å². The van der Waals surface area contributed by atoms with Crippen LogP contribution in [0.5, 0.6) is 0 Å². The molecule has 2 amide bonds. The summed E-state index contributed by atoms with van der Waals surface area (Å²) in [6, 6.07) is 18.0. The van der Waals surface area contributed by atoms with E-state index in [0.29, 0.717) is 5.69 Å². The van der Waals surface area contributed by atoms with E-state index in [1.807, 2.05) is 36.4 Å². The molecular formula is C20H18N2O4S. The van der Waals surface area contributed by atoms with Crippen LogP contribution < -0.4 is 10.0 Å². The van der Waals surface area contributed by atoms with Crippen molar-refractivity contribution in [3.05, 3.63) is 72.0 Å². The second kappa shape index (κ2) is 8.55. The van der Waals surface area contributed by atoms with E-state index in [4.69, 9.17) is 0 Å². The number of Topliss-reactive ketones (excluding diaryl/α,β-unsaturated/α-hetero) is 1. The molecule has 1 atom stereocenters. The van der Waals surface area contributed by atoms with Crippen LogP contribution in [0.2, 0.25) is 0 Å². The standard InChI is InChI=1S/C20H18N2O4S/c23-16-11-13(19(25)21-14-7-3-1-4-8-14)12-17(24)18(16)20(26)22-27-15-9-5-2-6-10-15/h1-10,13,23H,11-12H2,(H,21,25)(H,22,26). The number of benzene rings is 2. The molecule has 7 heteroatoms. The molecule has 1 aliphatic carbocycles. The lowest BCUT2D eigenvalue weighted by Crippen LogP contribution is -2.34. The Kier molecular flexibility index (Phi) is 5.93. The van der Waals surface area contributed by atoms with E-state index in [1.165, 1.54) is 0 Å². The summed E-state index contributed by atoms with van der Waals surface area (Å²) < 4.78 is 2.55. The van der Waals surface area contributed by atoms with Gasteiger partial charge >= 0.3 is 0 Å². The van der Waals surface area contributed by atoms with Gasteiger partial charge in [0.15, 0.2) is 5.78 Å². The maximum absolute atomic E-state index is 12.4. The summed E-state index contributed by atoms with van der Waals surface area (Å²) >= 11 is 1.06. The van der Waals surface area contributed by atoms with Crippen molar-refractivity contribution in [1.29, 1.82) is 0 Å². The number of ketones is 1. The maximum atomic E-state index is 12.4. The Balaban J connectivity index is 1.64. The minimum Gasteiger partial charge on any atom is -0.511 e. The Bertz CT molecular complexity index is 881. The molecule has 0 bridgehead atoms. The van der Waals surface area contributed by atoms with Crippen LogP contribution in [-0.2, 0) is 14.4 Å². The van der Waals surface area contributed by atoms with Gasteiger partial charge in [-0.05, 0) is 36.2 Å². The van der Waals surface area contributed by atoms with Crippen molar-refractivity contribution >= 4 is 35.2 Å². The highest BCUT2D eigenvalue weighted by molar-refractivity contribution is 7.98. The minimum absolute atomic E-state index is 0.0524. The summed E-state index contributed by atoms with van der Waals surface area (Å²) in [5.74, 6) is -2.63. The minimum atomic E-state index is -0.712. The molecule has 0 aliphatic heterocycles. The third kappa shape index (κ3) is 4.77. The Hall–Kier alpha value is -3.06. The van der Waals surface area contributed by atoms with Crippen LogP contribution in [0, 0.1) is 5.92 Å².